The predicted molar refractivity (Wildman–Crippen MR) is 88.3 cm³/mol. The van der Waals surface area contributed by atoms with E-state index in [1.54, 1.807) is 6.33 Å². The molecule has 1 fully saturated rings. The highest BCUT2D eigenvalue weighted by atomic mass is 16.5. The molecule has 0 unspecified atom stereocenters. The molecule has 23 heavy (non-hydrogen) atoms. The molecule has 0 spiro atoms. The summed E-state index contributed by atoms with van der Waals surface area (Å²) in [6, 6.07) is 8.39. The van der Waals surface area contributed by atoms with Crippen LogP contribution in [0.5, 0.6) is 0 Å². The van der Waals surface area contributed by atoms with Gasteiger partial charge in [-0.1, -0.05) is 5.16 Å². The minimum atomic E-state index is 0.834. The first-order valence-corrected chi connectivity index (χ1v) is 7.87. The number of aromatic nitrogens is 3. The average Bonchev–Trinajstić information content (AvgIpc) is 3.00. The SMILES string of the molecule is Cc1cc(CN2CCN(c3ccc4ncncc4c3)CC2)on1. The maximum atomic E-state index is 5.31. The van der Waals surface area contributed by atoms with Crippen molar-refractivity contribution in [2.75, 3.05) is 31.1 Å². The Balaban J connectivity index is 1.42. The molecule has 0 saturated carbocycles. The highest BCUT2D eigenvalue weighted by Gasteiger charge is 2.18. The minimum absolute atomic E-state index is 0.834. The fourth-order valence-electron chi connectivity index (χ4n) is 3.04. The van der Waals surface area contributed by atoms with Crippen LogP contribution in [-0.2, 0) is 6.54 Å². The lowest BCUT2D eigenvalue weighted by molar-refractivity contribution is 0.219. The molecule has 0 atom stereocenters. The van der Waals surface area contributed by atoms with Gasteiger partial charge in [-0.2, -0.15) is 0 Å². The van der Waals surface area contributed by atoms with Gasteiger partial charge >= 0.3 is 0 Å². The van der Waals surface area contributed by atoms with E-state index in [1.165, 1.54) is 5.69 Å². The molecule has 0 aliphatic carbocycles. The lowest BCUT2D eigenvalue weighted by atomic mass is 10.2. The molecule has 1 aliphatic heterocycles. The van der Waals surface area contributed by atoms with Crippen LogP contribution in [0.25, 0.3) is 10.9 Å². The number of fused-ring (bicyclic) bond motifs is 1. The fourth-order valence-corrected chi connectivity index (χ4v) is 3.04. The van der Waals surface area contributed by atoms with E-state index in [0.29, 0.717) is 0 Å². The van der Waals surface area contributed by atoms with Crippen LogP contribution in [0.3, 0.4) is 0 Å². The van der Waals surface area contributed by atoms with Gasteiger partial charge in [-0.3, -0.25) is 4.90 Å². The first-order chi connectivity index (χ1) is 11.3. The quantitative estimate of drug-likeness (QED) is 0.739. The molecule has 0 radical (unpaired) electrons. The second kappa shape index (κ2) is 5.96. The Morgan fingerprint density at radius 3 is 2.78 bits per heavy atom. The van der Waals surface area contributed by atoms with Crippen LogP contribution in [0, 0.1) is 6.92 Å². The van der Waals surface area contributed by atoms with Crippen molar-refractivity contribution in [2.24, 2.45) is 0 Å². The highest BCUT2D eigenvalue weighted by molar-refractivity contribution is 5.81. The number of benzene rings is 1. The lowest BCUT2D eigenvalue weighted by Crippen LogP contribution is -2.45. The van der Waals surface area contributed by atoms with Crippen LogP contribution in [0.2, 0.25) is 0 Å². The maximum absolute atomic E-state index is 5.31. The first kappa shape index (κ1) is 14.1. The number of nitrogens with zero attached hydrogens (tertiary/aromatic N) is 5. The van der Waals surface area contributed by atoms with E-state index in [1.807, 2.05) is 19.2 Å². The van der Waals surface area contributed by atoms with Gasteiger partial charge < -0.3 is 9.42 Å². The Labute approximate surface area is 134 Å². The normalized spacial score (nSPS) is 16.1. The van der Waals surface area contributed by atoms with Crippen molar-refractivity contribution in [3.8, 4) is 0 Å². The third kappa shape index (κ3) is 3.03. The Morgan fingerprint density at radius 1 is 1.13 bits per heavy atom. The number of hydrogen-bond acceptors (Lipinski definition) is 6. The summed E-state index contributed by atoms with van der Waals surface area (Å²) in [5.41, 5.74) is 3.17. The topological polar surface area (TPSA) is 58.3 Å². The van der Waals surface area contributed by atoms with Crippen LogP contribution in [0.1, 0.15) is 11.5 Å². The summed E-state index contributed by atoms with van der Waals surface area (Å²) >= 11 is 0. The van der Waals surface area contributed by atoms with Gasteiger partial charge in [0.15, 0.2) is 5.76 Å². The lowest BCUT2D eigenvalue weighted by Gasteiger charge is -2.35. The summed E-state index contributed by atoms with van der Waals surface area (Å²) in [5, 5.41) is 5.04. The molecule has 0 amide bonds. The first-order valence-electron chi connectivity index (χ1n) is 7.87. The van der Waals surface area contributed by atoms with Gasteiger partial charge in [-0.15, -0.1) is 0 Å². The number of hydrogen-bond donors (Lipinski definition) is 0. The van der Waals surface area contributed by atoms with Crippen molar-refractivity contribution in [3.05, 3.63) is 48.2 Å². The Bertz CT molecular complexity index is 807. The Hall–Kier alpha value is -2.47. The van der Waals surface area contributed by atoms with Gasteiger partial charge in [0.25, 0.3) is 0 Å². The Morgan fingerprint density at radius 2 is 2.00 bits per heavy atom. The molecular formula is C17H19N5O. The molecule has 3 aromatic rings. The molecule has 4 rings (SSSR count). The van der Waals surface area contributed by atoms with E-state index >= 15 is 0 Å². The smallest absolute Gasteiger partial charge is 0.150 e. The second-order valence-corrected chi connectivity index (χ2v) is 5.96. The van der Waals surface area contributed by atoms with Crippen LogP contribution in [0.4, 0.5) is 5.69 Å². The van der Waals surface area contributed by atoms with Crippen molar-refractivity contribution < 1.29 is 4.52 Å². The van der Waals surface area contributed by atoms with Crippen LogP contribution in [0.15, 0.2) is 41.3 Å². The van der Waals surface area contributed by atoms with Crippen molar-refractivity contribution in [3.63, 3.8) is 0 Å². The van der Waals surface area contributed by atoms with Gasteiger partial charge in [0.1, 0.15) is 6.33 Å². The van der Waals surface area contributed by atoms with Crippen molar-refractivity contribution in [1.82, 2.24) is 20.0 Å². The van der Waals surface area contributed by atoms with Crippen molar-refractivity contribution in [2.45, 2.75) is 13.5 Å². The van der Waals surface area contributed by atoms with Gasteiger partial charge in [0.2, 0.25) is 0 Å². The summed E-state index contributed by atoms with van der Waals surface area (Å²) < 4.78 is 5.31. The third-order valence-electron chi connectivity index (χ3n) is 4.28. The summed E-state index contributed by atoms with van der Waals surface area (Å²) in [6.07, 6.45) is 3.46. The van der Waals surface area contributed by atoms with Crippen LogP contribution < -0.4 is 4.90 Å². The molecule has 0 N–H and O–H groups in total. The van der Waals surface area contributed by atoms with E-state index in [4.69, 9.17) is 4.52 Å². The Kier molecular flexibility index (Phi) is 3.67. The maximum Gasteiger partial charge on any atom is 0.150 e. The van der Waals surface area contributed by atoms with E-state index in [-0.39, 0.29) is 0 Å². The van der Waals surface area contributed by atoms with Gasteiger partial charge in [0.05, 0.1) is 17.8 Å². The van der Waals surface area contributed by atoms with Crippen LogP contribution >= 0.6 is 0 Å². The largest absolute Gasteiger partial charge is 0.369 e. The molecule has 3 heterocycles. The molecule has 6 nitrogen and oxygen atoms in total. The van der Waals surface area contributed by atoms with E-state index in [9.17, 15) is 0 Å². The van der Waals surface area contributed by atoms with Crippen molar-refractivity contribution >= 4 is 16.6 Å². The fraction of sp³-hybridized carbons (Fsp3) is 0.353. The van der Waals surface area contributed by atoms with Gasteiger partial charge in [-0.25, -0.2) is 9.97 Å². The summed E-state index contributed by atoms with van der Waals surface area (Å²) in [7, 11) is 0. The molecule has 1 aliphatic rings. The molecule has 2 aromatic heterocycles. The number of piperazine rings is 1. The molecule has 1 saturated heterocycles. The second-order valence-electron chi connectivity index (χ2n) is 5.96. The zero-order valence-electron chi connectivity index (χ0n) is 13.1. The van der Waals surface area contributed by atoms with Gasteiger partial charge in [-0.05, 0) is 25.1 Å². The molecule has 6 heteroatoms. The number of anilines is 1. The standard InChI is InChI=1S/C17H19N5O/c1-13-8-16(23-20-13)11-21-4-6-22(7-5-21)15-2-3-17-14(9-15)10-18-12-19-17/h2-3,8-10,12H,4-7,11H2,1H3. The number of aryl methyl sites for hydroxylation is 1. The zero-order valence-corrected chi connectivity index (χ0v) is 13.1. The molecule has 118 valence electrons. The van der Waals surface area contributed by atoms with Crippen LogP contribution in [-0.4, -0.2) is 46.2 Å². The predicted octanol–water partition coefficient (Wildman–Crippen LogP) is 2.25. The van der Waals surface area contributed by atoms with E-state index in [2.05, 4.69) is 43.1 Å². The van der Waals surface area contributed by atoms with Crippen molar-refractivity contribution in [1.29, 1.82) is 0 Å². The van der Waals surface area contributed by atoms with E-state index in [0.717, 1.165) is 55.1 Å². The molecular weight excluding hydrogens is 290 g/mol. The monoisotopic (exact) mass is 309 g/mol. The molecule has 1 aromatic carbocycles. The molecule has 0 bridgehead atoms. The average molecular weight is 309 g/mol. The van der Waals surface area contributed by atoms with E-state index < -0.39 is 0 Å². The zero-order chi connectivity index (χ0) is 15.6. The third-order valence-corrected chi connectivity index (χ3v) is 4.28. The minimum Gasteiger partial charge on any atom is -0.369 e. The van der Waals surface area contributed by atoms with Gasteiger partial charge in [0, 0.05) is 49.5 Å². The summed E-state index contributed by atoms with van der Waals surface area (Å²) in [6.45, 7) is 6.83. The number of rotatable bonds is 3. The summed E-state index contributed by atoms with van der Waals surface area (Å²) in [5.74, 6) is 0.943. The summed E-state index contributed by atoms with van der Waals surface area (Å²) in [4.78, 5) is 13.2. The highest BCUT2D eigenvalue weighted by Crippen LogP contribution is 2.22.